The second kappa shape index (κ2) is 6.03. The highest BCUT2D eigenvalue weighted by Crippen LogP contribution is 2.45. The Hall–Kier alpha value is -2.99. The first-order valence-corrected chi connectivity index (χ1v) is 9.77. The van der Waals surface area contributed by atoms with Crippen LogP contribution in [0.25, 0.3) is 17.1 Å². The first kappa shape index (κ1) is 16.2. The molecule has 1 aliphatic heterocycles. The van der Waals surface area contributed by atoms with Crippen molar-refractivity contribution in [2.75, 3.05) is 6.54 Å². The summed E-state index contributed by atoms with van der Waals surface area (Å²) in [6.07, 6.45) is 9.48. The molecule has 1 aliphatic carbocycles. The fourth-order valence-corrected chi connectivity index (χ4v) is 5.10. The monoisotopic (exact) mass is 375 g/mol. The Morgan fingerprint density at radius 3 is 3.22 bits per heavy atom. The highest BCUT2D eigenvalue weighted by molar-refractivity contribution is 7.12. The van der Waals surface area contributed by atoms with Gasteiger partial charge in [-0.1, -0.05) is 0 Å². The molecule has 1 amide bonds. The van der Waals surface area contributed by atoms with E-state index < -0.39 is 0 Å². The van der Waals surface area contributed by atoms with Crippen molar-refractivity contribution >= 4 is 40.1 Å². The van der Waals surface area contributed by atoms with Crippen molar-refractivity contribution in [3.8, 4) is 0 Å². The van der Waals surface area contributed by atoms with Gasteiger partial charge < -0.3 is 9.88 Å². The summed E-state index contributed by atoms with van der Waals surface area (Å²) in [6.45, 7) is 2.68. The van der Waals surface area contributed by atoms with Gasteiger partial charge in [-0.2, -0.15) is 0 Å². The smallest absolute Gasteiger partial charge is 0.250 e. The van der Waals surface area contributed by atoms with E-state index in [0.717, 1.165) is 44.7 Å². The van der Waals surface area contributed by atoms with Gasteiger partial charge in [0.1, 0.15) is 5.65 Å². The van der Waals surface area contributed by atoms with Crippen molar-refractivity contribution in [3.63, 3.8) is 0 Å². The molecule has 3 aromatic rings. The molecule has 5 nitrogen and oxygen atoms in total. The van der Waals surface area contributed by atoms with E-state index in [1.165, 1.54) is 11.3 Å². The van der Waals surface area contributed by atoms with Crippen molar-refractivity contribution in [2.24, 2.45) is 0 Å². The molecular weight excluding hydrogens is 358 g/mol. The number of carbonyl (C=O) groups excluding carboxylic acids is 2. The maximum Gasteiger partial charge on any atom is 0.250 e. The van der Waals surface area contributed by atoms with E-state index in [9.17, 15) is 9.59 Å². The molecule has 3 aromatic heterocycles. The number of ketones is 1. The number of likely N-dealkylation sites (tertiary alicyclic amines) is 1. The number of nitrogens with one attached hydrogen (secondary N) is 1. The lowest BCUT2D eigenvalue weighted by Crippen LogP contribution is -2.27. The first-order valence-electron chi connectivity index (χ1n) is 8.89. The molecular formula is C21H17N3O2S. The summed E-state index contributed by atoms with van der Waals surface area (Å²) < 4.78 is 0. The number of hydrogen-bond acceptors (Lipinski definition) is 4. The van der Waals surface area contributed by atoms with Gasteiger partial charge in [-0.25, -0.2) is 4.98 Å². The Kier molecular flexibility index (Phi) is 3.62. The van der Waals surface area contributed by atoms with Crippen LogP contribution in [0.2, 0.25) is 0 Å². The topological polar surface area (TPSA) is 66.1 Å². The van der Waals surface area contributed by atoms with Crippen LogP contribution in [0.5, 0.6) is 0 Å². The number of aromatic nitrogens is 2. The van der Waals surface area contributed by atoms with Crippen molar-refractivity contribution in [3.05, 3.63) is 69.3 Å². The number of nitrogens with zero attached hydrogens (tertiary/aromatic N) is 2. The molecule has 1 atom stereocenters. The number of carbonyl (C=O) groups is 2. The van der Waals surface area contributed by atoms with Crippen LogP contribution >= 0.6 is 11.3 Å². The van der Waals surface area contributed by atoms with Crippen LogP contribution in [0.1, 0.15) is 38.7 Å². The predicted octanol–water partition coefficient (Wildman–Crippen LogP) is 4.04. The molecule has 1 N–H and O–H groups in total. The third kappa shape index (κ3) is 2.48. The van der Waals surface area contributed by atoms with Crippen LogP contribution in [-0.4, -0.2) is 33.1 Å². The number of thiophene rings is 1. The van der Waals surface area contributed by atoms with E-state index in [-0.39, 0.29) is 17.6 Å². The summed E-state index contributed by atoms with van der Waals surface area (Å²) in [7, 11) is 0. The minimum absolute atomic E-state index is 0.0146. The average Bonchev–Trinajstić information content (AvgIpc) is 3.37. The lowest BCUT2D eigenvalue weighted by atomic mass is 9.87. The molecule has 1 saturated heterocycles. The van der Waals surface area contributed by atoms with E-state index >= 15 is 0 Å². The van der Waals surface area contributed by atoms with Gasteiger partial charge in [0, 0.05) is 53.7 Å². The lowest BCUT2D eigenvalue weighted by molar-refractivity contribution is -0.123. The van der Waals surface area contributed by atoms with E-state index in [0.29, 0.717) is 6.54 Å². The summed E-state index contributed by atoms with van der Waals surface area (Å²) in [5, 5.41) is 3.01. The van der Waals surface area contributed by atoms with E-state index in [2.05, 4.69) is 9.97 Å². The fraction of sp³-hybridized carbons (Fsp3) is 0.190. The molecule has 2 aliphatic rings. The number of allylic oxidation sites excluding steroid dienone is 2. The molecule has 0 spiro atoms. The van der Waals surface area contributed by atoms with E-state index in [1.807, 2.05) is 36.7 Å². The van der Waals surface area contributed by atoms with Crippen LogP contribution in [0.3, 0.4) is 0 Å². The van der Waals surface area contributed by atoms with Gasteiger partial charge in [0.25, 0.3) is 5.91 Å². The van der Waals surface area contributed by atoms with Crippen LogP contribution < -0.4 is 0 Å². The van der Waals surface area contributed by atoms with Gasteiger partial charge in [0.2, 0.25) is 0 Å². The van der Waals surface area contributed by atoms with Crippen LogP contribution in [0.4, 0.5) is 0 Å². The summed E-state index contributed by atoms with van der Waals surface area (Å²) >= 11 is 1.51. The van der Waals surface area contributed by atoms with Crippen LogP contribution in [-0.2, 0) is 4.79 Å². The molecule has 0 aromatic carbocycles. The number of fused-ring (bicyclic) bond motifs is 4. The number of H-pyrrole nitrogens is 1. The molecule has 0 radical (unpaired) electrons. The molecule has 1 fully saturated rings. The van der Waals surface area contributed by atoms with Crippen LogP contribution in [0, 0.1) is 6.92 Å². The number of hydrogen-bond donors (Lipinski definition) is 1. The zero-order chi connectivity index (χ0) is 18.5. The molecule has 4 heterocycles. The second-order valence-corrected chi connectivity index (χ2v) is 7.78. The highest BCUT2D eigenvalue weighted by Gasteiger charge is 2.39. The van der Waals surface area contributed by atoms with Crippen molar-refractivity contribution in [2.45, 2.75) is 19.3 Å². The van der Waals surface area contributed by atoms with Gasteiger partial charge in [-0.3, -0.25) is 9.59 Å². The molecule has 1 unspecified atom stereocenters. The van der Waals surface area contributed by atoms with Crippen LogP contribution in [0.15, 0.2) is 47.8 Å². The summed E-state index contributed by atoms with van der Waals surface area (Å²) in [4.78, 5) is 35.2. The SMILES string of the molecule is Cc1csc2c1C1CCN(C(=O)/C=C/c3c[nH]c4ncccc34)C1=CC2=O. The molecule has 6 heteroatoms. The van der Waals surface area contributed by atoms with E-state index in [4.69, 9.17) is 0 Å². The average molecular weight is 375 g/mol. The molecule has 134 valence electrons. The third-order valence-corrected chi connectivity index (χ3v) is 6.47. The maximum atomic E-state index is 12.8. The normalized spacial score (nSPS) is 18.9. The lowest BCUT2D eigenvalue weighted by Gasteiger charge is -2.23. The Morgan fingerprint density at radius 1 is 1.44 bits per heavy atom. The first-order chi connectivity index (χ1) is 13.1. The summed E-state index contributed by atoms with van der Waals surface area (Å²) in [5.74, 6) is 0.0745. The molecule has 5 rings (SSSR count). The maximum absolute atomic E-state index is 12.8. The minimum atomic E-state index is -0.0916. The third-order valence-electron chi connectivity index (χ3n) is 5.34. The van der Waals surface area contributed by atoms with Crippen molar-refractivity contribution in [1.82, 2.24) is 14.9 Å². The molecule has 0 bridgehead atoms. The Labute approximate surface area is 160 Å². The number of aromatic amines is 1. The number of aryl methyl sites for hydroxylation is 1. The molecule has 27 heavy (non-hydrogen) atoms. The van der Waals surface area contributed by atoms with Gasteiger partial charge in [-0.15, -0.1) is 11.3 Å². The fourth-order valence-electron chi connectivity index (χ4n) is 4.07. The Bertz CT molecular complexity index is 1150. The Balaban J connectivity index is 1.43. The standard InChI is InChI=1S/C21H17N3O2S/c1-12-11-27-20-17(25)9-16-15(19(12)20)6-8-24(16)18(26)5-4-13-10-23-21-14(13)3-2-7-22-21/h2-5,7,9-11,15H,6,8H2,1H3,(H,22,23)/b5-4+. The summed E-state index contributed by atoms with van der Waals surface area (Å²) in [5.41, 5.74) is 4.82. The number of pyridine rings is 1. The zero-order valence-electron chi connectivity index (χ0n) is 14.7. The second-order valence-electron chi connectivity index (χ2n) is 6.90. The quantitative estimate of drug-likeness (QED) is 0.688. The van der Waals surface area contributed by atoms with E-state index in [1.54, 1.807) is 23.2 Å². The predicted molar refractivity (Wildman–Crippen MR) is 106 cm³/mol. The van der Waals surface area contributed by atoms with Gasteiger partial charge in [0.05, 0.1) is 4.88 Å². The minimum Gasteiger partial charge on any atom is -0.346 e. The van der Waals surface area contributed by atoms with Gasteiger partial charge in [0.15, 0.2) is 5.78 Å². The summed E-state index contributed by atoms with van der Waals surface area (Å²) in [6, 6.07) is 3.84. The Morgan fingerprint density at radius 2 is 2.33 bits per heavy atom. The van der Waals surface area contributed by atoms with Gasteiger partial charge in [-0.05, 0) is 48.1 Å². The number of rotatable bonds is 2. The van der Waals surface area contributed by atoms with Crippen molar-refractivity contribution < 1.29 is 9.59 Å². The van der Waals surface area contributed by atoms with Crippen molar-refractivity contribution in [1.29, 1.82) is 0 Å². The highest BCUT2D eigenvalue weighted by atomic mass is 32.1. The number of amides is 1. The molecule has 0 saturated carbocycles. The zero-order valence-corrected chi connectivity index (χ0v) is 15.5. The largest absolute Gasteiger partial charge is 0.346 e. The van der Waals surface area contributed by atoms with Gasteiger partial charge >= 0.3 is 0 Å².